The number of fused-ring (bicyclic) bond motifs is 1. The summed E-state index contributed by atoms with van der Waals surface area (Å²) < 4.78 is 0. The van der Waals surface area contributed by atoms with Crippen LogP contribution in [0.3, 0.4) is 0 Å². The average Bonchev–Trinajstić information content (AvgIpc) is 2.97. The fraction of sp³-hybridized carbons (Fsp3) is 0. The average molecular weight is 301 g/mol. The molecule has 3 rings (SSSR count). The lowest BCUT2D eigenvalue weighted by atomic mass is 10.2. The molecule has 0 unspecified atom stereocenters. The third-order valence-electron chi connectivity index (χ3n) is 2.79. The number of halogens is 1. The molecule has 2 aromatic heterocycles. The number of anilines is 3. The van der Waals surface area contributed by atoms with E-state index in [2.05, 4.69) is 30.9 Å². The van der Waals surface area contributed by atoms with Gasteiger partial charge in [-0.1, -0.05) is 11.6 Å². The first-order chi connectivity index (χ1) is 10.2. The van der Waals surface area contributed by atoms with Gasteiger partial charge in [-0.15, -0.1) is 0 Å². The maximum absolute atomic E-state index is 8.84. The molecule has 5 N–H and O–H groups in total. The highest BCUT2D eigenvalue weighted by Crippen LogP contribution is 2.29. The first kappa shape index (κ1) is 13.1. The number of rotatable bonds is 3. The third kappa shape index (κ3) is 2.43. The maximum Gasteiger partial charge on any atom is 0.241 e. The second-order valence-electron chi connectivity index (χ2n) is 4.10. The highest BCUT2D eigenvalue weighted by molar-refractivity contribution is 6.33. The summed E-state index contributed by atoms with van der Waals surface area (Å²) in [6.45, 7) is 0. The number of aromatic nitrogens is 4. The summed E-state index contributed by atoms with van der Waals surface area (Å²) in [5, 5.41) is 19.7. The van der Waals surface area contributed by atoms with Gasteiger partial charge in [-0.25, -0.2) is 5.84 Å². The first-order valence-corrected chi connectivity index (χ1v) is 6.23. The number of hydrogen-bond acceptors (Lipinski definition) is 7. The van der Waals surface area contributed by atoms with Crippen molar-refractivity contribution in [3.8, 4) is 6.07 Å². The lowest BCUT2D eigenvalue weighted by Crippen LogP contribution is -2.11. The van der Waals surface area contributed by atoms with Crippen molar-refractivity contribution in [3.63, 3.8) is 0 Å². The standard InChI is InChI=1S/C12H9ClN8/c13-8-3-6(4-14)1-2-9(8)17-10-7-5-16-21-11(7)19-12(18-10)20-15/h1-3,5H,15H2,(H3,16,17,18,19,20,21). The molecule has 0 saturated carbocycles. The van der Waals surface area contributed by atoms with Gasteiger partial charge in [0.05, 0.1) is 33.9 Å². The van der Waals surface area contributed by atoms with Crippen LogP contribution in [0.5, 0.6) is 0 Å². The molecule has 0 fully saturated rings. The van der Waals surface area contributed by atoms with Gasteiger partial charge in [0, 0.05) is 0 Å². The highest BCUT2D eigenvalue weighted by Gasteiger charge is 2.11. The number of nitrogen functional groups attached to an aromatic ring is 1. The van der Waals surface area contributed by atoms with E-state index in [1.54, 1.807) is 24.4 Å². The number of nitrogens with two attached hydrogens (primary N) is 1. The number of hydrogen-bond donors (Lipinski definition) is 4. The Labute approximate surface area is 123 Å². The first-order valence-electron chi connectivity index (χ1n) is 5.85. The lowest BCUT2D eigenvalue weighted by molar-refractivity contribution is 1.08. The van der Waals surface area contributed by atoms with Crippen LogP contribution in [0.25, 0.3) is 11.0 Å². The molecule has 0 atom stereocenters. The van der Waals surface area contributed by atoms with E-state index in [1.807, 2.05) is 6.07 Å². The van der Waals surface area contributed by atoms with Crippen molar-refractivity contribution in [2.24, 2.45) is 5.84 Å². The van der Waals surface area contributed by atoms with Crippen LogP contribution < -0.4 is 16.6 Å². The van der Waals surface area contributed by atoms with Crippen LogP contribution in [0.4, 0.5) is 17.5 Å². The fourth-order valence-electron chi connectivity index (χ4n) is 1.81. The van der Waals surface area contributed by atoms with Crippen LogP contribution >= 0.6 is 11.6 Å². The maximum atomic E-state index is 8.84. The number of nitriles is 1. The molecule has 0 aliphatic rings. The summed E-state index contributed by atoms with van der Waals surface area (Å²) in [6, 6.07) is 6.95. The number of aromatic amines is 1. The number of nitrogens with zero attached hydrogens (tertiary/aromatic N) is 4. The summed E-state index contributed by atoms with van der Waals surface area (Å²) in [6.07, 6.45) is 1.59. The molecule has 1 aromatic carbocycles. The van der Waals surface area contributed by atoms with Gasteiger partial charge in [-0.05, 0) is 18.2 Å². The van der Waals surface area contributed by atoms with Gasteiger partial charge in [0.2, 0.25) is 5.95 Å². The third-order valence-corrected chi connectivity index (χ3v) is 3.10. The smallest absolute Gasteiger partial charge is 0.241 e. The predicted molar refractivity (Wildman–Crippen MR) is 78.9 cm³/mol. The van der Waals surface area contributed by atoms with E-state index in [9.17, 15) is 0 Å². The van der Waals surface area contributed by atoms with E-state index in [0.717, 1.165) is 0 Å². The van der Waals surface area contributed by atoms with Crippen molar-refractivity contribution in [1.29, 1.82) is 5.26 Å². The molecule has 9 heteroatoms. The van der Waals surface area contributed by atoms with E-state index in [0.29, 0.717) is 33.1 Å². The SMILES string of the molecule is N#Cc1ccc(Nc2nc(NN)nc3[nH]ncc23)c(Cl)c1. The van der Waals surface area contributed by atoms with E-state index in [-0.39, 0.29) is 5.95 Å². The summed E-state index contributed by atoms with van der Waals surface area (Å²) in [7, 11) is 0. The molecule has 8 nitrogen and oxygen atoms in total. The molecule has 3 aromatic rings. The zero-order valence-corrected chi connectivity index (χ0v) is 11.3. The topological polar surface area (TPSA) is 128 Å². The Morgan fingerprint density at radius 2 is 2.19 bits per heavy atom. The molecule has 2 heterocycles. The second kappa shape index (κ2) is 5.24. The number of benzene rings is 1. The molecule has 0 radical (unpaired) electrons. The Hall–Kier alpha value is -2.89. The molecule has 0 amide bonds. The van der Waals surface area contributed by atoms with Crippen LogP contribution in [0.2, 0.25) is 5.02 Å². The van der Waals surface area contributed by atoms with Crippen LogP contribution in [0.1, 0.15) is 5.56 Å². The fourth-order valence-corrected chi connectivity index (χ4v) is 2.04. The van der Waals surface area contributed by atoms with Gasteiger partial charge in [0.15, 0.2) is 5.65 Å². The van der Waals surface area contributed by atoms with Gasteiger partial charge in [0.1, 0.15) is 5.82 Å². The molecule has 0 saturated heterocycles. The van der Waals surface area contributed by atoms with Gasteiger partial charge in [-0.3, -0.25) is 10.5 Å². The van der Waals surface area contributed by atoms with E-state index in [1.165, 1.54) is 0 Å². The van der Waals surface area contributed by atoms with Gasteiger partial charge in [-0.2, -0.15) is 20.3 Å². The summed E-state index contributed by atoms with van der Waals surface area (Å²) in [5.41, 5.74) is 4.00. The minimum atomic E-state index is 0.235. The Morgan fingerprint density at radius 3 is 2.90 bits per heavy atom. The molecule has 0 bridgehead atoms. The summed E-state index contributed by atoms with van der Waals surface area (Å²) >= 11 is 6.14. The van der Waals surface area contributed by atoms with E-state index < -0.39 is 0 Å². The van der Waals surface area contributed by atoms with E-state index in [4.69, 9.17) is 22.7 Å². The van der Waals surface area contributed by atoms with Crippen molar-refractivity contribution >= 4 is 40.1 Å². The molecule has 0 aliphatic heterocycles. The van der Waals surface area contributed by atoms with Crippen LogP contribution in [-0.2, 0) is 0 Å². The van der Waals surface area contributed by atoms with Crippen LogP contribution in [-0.4, -0.2) is 20.2 Å². The molecule has 21 heavy (non-hydrogen) atoms. The van der Waals surface area contributed by atoms with Gasteiger partial charge in [0.25, 0.3) is 0 Å². The van der Waals surface area contributed by atoms with Crippen molar-refractivity contribution in [1.82, 2.24) is 20.2 Å². The molecular weight excluding hydrogens is 292 g/mol. The Balaban J connectivity index is 2.05. The zero-order valence-electron chi connectivity index (χ0n) is 10.6. The van der Waals surface area contributed by atoms with Crippen molar-refractivity contribution in [2.45, 2.75) is 0 Å². The molecule has 0 aliphatic carbocycles. The zero-order chi connectivity index (χ0) is 14.8. The monoisotopic (exact) mass is 300 g/mol. The Morgan fingerprint density at radius 1 is 1.33 bits per heavy atom. The summed E-state index contributed by atoms with van der Waals surface area (Å²) in [5.74, 6) is 6.07. The van der Waals surface area contributed by atoms with Crippen LogP contribution in [0, 0.1) is 11.3 Å². The highest BCUT2D eigenvalue weighted by atomic mass is 35.5. The molecular formula is C12H9ClN8. The predicted octanol–water partition coefficient (Wildman–Crippen LogP) is 1.91. The van der Waals surface area contributed by atoms with Gasteiger partial charge >= 0.3 is 0 Å². The quantitative estimate of drug-likeness (QED) is 0.429. The van der Waals surface area contributed by atoms with Crippen LogP contribution in [0.15, 0.2) is 24.4 Å². The van der Waals surface area contributed by atoms with Crippen molar-refractivity contribution in [2.75, 3.05) is 10.7 Å². The number of nitrogens with one attached hydrogen (secondary N) is 3. The number of H-pyrrole nitrogens is 1. The van der Waals surface area contributed by atoms with Crippen molar-refractivity contribution < 1.29 is 0 Å². The number of hydrazine groups is 1. The second-order valence-corrected chi connectivity index (χ2v) is 4.51. The lowest BCUT2D eigenvalue weighted by Gasteiger charge is -2.09. The Bertz CT molecular complexity index is 850. The normalized spacial score (nSPS) is 10.3. The van der Waals surface area contributed by atoms with E-state index >= 15 is 0 Å². The minimum Gasteiger partial charge on any atom is -0.338 e. The largest absolute Gasteiger partial charge is 0.338 e. The van der Waals surface area contributed by atoms with Gasteiger partial charge < -0.3 is 5.32 Å². The van der Waals surface area contributed by atoms with Crippen molar-refractivity contribution in [3.05, 3.63) is 35.0 Å². The summed E-state index contributed by atoms with van der Waals surface area (Å²) in [4.78, 5) is 8.35. The molecule has 0 spiro atoms. The Kier molecular flexibility index (Phi) is 3.27. The molecule has 104 valence electrons. The minimum absolute atomic E-state index is 0.235.